The molecule has 0 aliphatic rings. The second-order valence-corrected chi connectivity index (χ2v) is 5.99. The third-order valence-electron chi connectivity index (χ3n) is 4.03. The van der Waals surface area contributed by atoms with Crippen LogP contribution in [0.4, 0.5) is 5.69 Å². The Labute approximate surface area is 164 Å². The van der Waals surface area contributed by atoms with Crippen molar-refractivity contribution < 1.29 is 19.1 Å². The fourth-order valence-corrected chi connectivity index (χ4v) is 2.58. The number of carbonyl (C=O) groups excluding carboxylic acids is 3. The van der Waals surface area contributed by atoms with Gasteiger partial charge in [-0.3, -0.25) is 9.59 Å². The molecule has 2 aromatic carbocycles. The van der Waals surface area contributed by atoms with Crippen LogP contribution >= 0.6 is 0 Å². The minimum absolute atomic E-state index is 0.235. The lowest BCUT2D eigenvalue weighted by atomic mass is 10.1. The van der Waals surface area contributed by atoms with Crippen molar-refractivity contribution in [3.05, 3.63) is 77.9 Å². The Balaban J connectivity index is 2.03. The van der Waals surface area contributed by atoms with Crippen LogP contribution in [0.15, 0.2) is 66.7 Å². The van der Waals surface area contributed by atoms with E-state index < -0.39 is 11.9 Å². The molecule has 0 aromatic heterocycles. The monoisotopic (exact) mass is 380 g/mol. The Kier molecular flexibility index (Phi) is 7.96. The number of hydrogen-bond donors (Lipinski definition) is 1. The maximum absolute atomic E-state index is 12.6. The molecule has 2 amide bonds. The summed E-state index contributed by atoms with van der Waals surface area (Å²) in [6.07, 6.45) is 2.92. The lowest BCUT2D eigenvalue weighted by Crippen LogP contribution is -2.30. The number of hydrogen-bond acceptors (Lipinski definition) is 4. The fourth-order valence-electron chi connectivity index (χ4n) is 2.58. The van der Waals surface area contributed by atoms with Gasteiger partial charge in [0.25, 0.3) is 11.8 Å². The number of nitrogens with one attached hydrogen (secondary N) is 1. The molecule has 0 fully saturated rings. The van der Waals surface area contributed by atoms with Gasteiger partial charge < -0.3 is 15.0 Å². The Morgan fingerprint density at radius 3 is 2.39 bits per heavy atom. The van der Waals surface area contributed by atoms with Crippen LogP contribution in [-0.2, 0) is 20.7 Å². The minimum Gasteiger partial charge on any atom is -0.463 e. The van der Waals surface area contributed by atoms with Gasteiger partial charge in [-0.05, 0) is 31.0 Å². The molecule has 0 unspecified atom stereocenters. The summed E-state index contributed by atoms with van der Waals surface area (Å²) in [5, 5.41) is 2.88. The molecule has 2 aromatic rings. The summed E-state index contributed by atoms with van der Waals surface area (Å²) in [7, 11) is 1.55. The Hall–Kier alpha value is -3.41. The molecule has 0 aliphatic heterocycles. The van der Waals surface area contributed by atoms with Crippen LogP contribution in [0.25, 0.3) is 0 Å². The summed E-state index contributed by atoms with van der Waals surface area (Å²) in [5.74, 6) is -1.28. The van der Waals surface area contributed by atoms with E-state index >= 15 is 0 Å². The van der Waals surface area contributed by atoms with Gasteiger partial charge in [0.15, 0.2) is 0 Å². The standard InChI is InChI=1S/C22H24N2O4/c1-3-28-21(26)14-13-20(25)24(2)19-12-8-7-11-18(19)22(27)23-16-15-17-9-5-4-6-10-17/h4-14H,3,15-16H2,1-2H3,(H,23,27). The smallest absolute Gasteiger partial charge is 0.330 e. The van der Waals surface area contributed by atoms with Crippen LogP contribution in [0.3, 0.4) is 0 Å². The van der Waals surface area contributed by atoms with Gasteiger partial charge in [0.05, 0.1) is 17.9 Å². The molecule has 6 nitrogen and oxygen atoms in total. The first kappa shape index (κ1) is 20.9. The number of amides is 2. The lowest BCUT2D eigenvalue weighted by Gasteiger charge is -2.19. The summed E-state index contributed by atoms with van der Waals surface area (Å²) >= 11 is 0. The predicted molar refractivity (Wildman–Crippen MR) is 108 cm³/mol. The SMILES string of the molecule is CCOC(=O)C=CC(=O)N(C)c1ccccc1C(=O)NCCc1ccccc1. The van der Waals surface area contributed by atoms with Crippen molar-refractivity contribution in [2.45, 2.75) is 13.3 Å². The predicted octanol–water partition coefficient (Wildman–Crippen LogP) is 2.74. The molecular weight excluding hydrogens is 356 g/mol. The van der Waals surface area contributed by atoms with Gasteiger partial charge in [0.1, 0.15) is 0 Å². The molecule has 146 valence electrons. The average molecular weight is 380 g/mol. The van der Waals surface area contributed by atoms with Gasteiger partial charge in [-0.2, -0.15) is 0 Å². The van der Waals surface area contributed by atoms with Crippen LogP contribution in [0.5, 0.6) is 0 Å². The van der Waals surface area contributed by atoms with E-state index in [1.54, 1.807) is 38.2 Å². The van der Waals surface area contributed by atoms with Gasteiger partial charge in [0.2, 0.25) is 0 Å². The molecular formula is C22H24N2O4. The zero-order valence-corrected chi connectivity index (χ0v) is 16.1. The van der Waals surface area contributed by atoms with Crippen LogP contribution < -0.4 is 10.2 Å². The van der Waals surface area contributed by atoms with E-state index in [1.165, 1.54) is 4.90 Å². The summed E-state index contributed by atoms with van der Waals surface area (Å²) in [4.78, 5) is 37.6. The van der Waals surface area contributed by atoms with Crippen molar-refractivity contribution in [3.8, 4) is 0 Å². The van der Waals surface area contributed by atoms with Crippen molar-refractivity contribution in [2.75, 3.05) is 25.1 Å². The number of nitrogens with zero attached hydrogens (tertiary/aromatic N) is 1. The molecule has 1 N–H and O–H groups in total. The highest BCUT2D eigenvalue weighted by Gasteiger charge is 2.17. The maximum atomic E-state index is 12.6. The van der Waals surface area contributed by atoms with E-state index in [1.807, 2.05) is 30.3 Å². The summed E-state index contributed by atoms with van der Waals surface area (Å²) < 4.78 is 4.76. The Morgan fingerprint density at radius 2 is 1.68 bits per heavy atom. The fraction of sp³-hybridized carbons (Fsp3) is 0.227. The largest absolute Gasteiger partial charge is 0.463 e. The molecule has 28 heavy (non-hydrogen) atoms. The Morgan fingerprint density at radius 1 is 1.00 bits per heavy atom. The number of rotatable bonds is 8. The van der Waals surface area contributed by atoms with Crippen molar-refractivity contribution in [3.63, 3.8) is 0 Å². The summed E-state index contributed by atoms with van der Waals surface area (Å²) in [6, 6.07) is 16.7. The van der Waals surface area contributed by atoms with Crippen LogP contribution in [0.2, 0.25) is 0 Å². The lowest BCUT2D eigenvalue weighted by molar-refractivity contribution is -0.137. The third-order valence-corrected chi connectivity index (χ3v) is 4.03. The number of anilines is 1. The van der Waals surface area contributed by atoms with Crippen molar-refractivity contribution in [1.82, 2.24) is 5.32 Å². The Bertz CT molecular complexity index is 847. The molecule has 0 heterocycles. The van der Waals surface area contributed by atoms with Crippen LogP contribution in [-0.4, -0.2) is 38.0 Å². The van der Waals surface area contributed by atoms with Gasteiger partial charge in [-0.25, -0.2) is 4.79 Å². The number of benzene rings is 2. The molecule has 6 heteroatoms. The zero-order valence-electron chi connectivity index (χ0n) is 16.1. The van der Waals surface area contributed by atoms with E-state index in [-0.39, 0.29) is 12.5 Å². The second-order valence-electron chi connectivity index (χ2n) is 5.99. The number of esters is 1. The van der Waals surface area contributed by atoms with Crippen molar-refractivity contribution in [2.24, 2.45) is 0 Å². The number of para-hydroxylation sites is 1. The van der Waals surface area contributed by atoms with Gasteiger partial charge in [-0.1, -0.05) is 42.5 Å². The van der Waals surface area contributed by atoms with E-state index in [4.69, 9.17) is 4.74 Å². The van der Waals surface area contributed by atoms with Gasteiger partial charge in [0, 0.05) is 25.7 Å². The highest BCUT2D eigenvalue weighted by Crippen LogP contribution is 2.19. The molecule has 0 aliphatic carbocycles. The van der Waals surface area contributed by atoms with Crippen molar-refractivity contribution in [1.29, 1.82) is 0 Å². The number of likely N-dealkylation sites (N-methyl/N-ethyl adjacent to an activating group) is 1. The molecule has 0 spiro atoms. The normalized spacial score (nSPS) is 10.5. The maximum Gasteiger partial charge on any atom is 0.330 e. The summed E-state index contributed by atoms with van der Waals surface area (Å²) in [6.45, 7) is 2.41. The highest BCUT2D eigenvalue weighted by atomic mass is 16.5. The number of ether oxygens (including phenoxy) is 1. The topological polar surface area (TPSA) is 75.7 Å². The first-order chi connectivity index (χ1) is 13.5. The third kappa shape index (κ3) is 6.09. The van der Waals surface area contributed by atoms with Crippen LogP contribution in [0, 0.1) is 0 Å². The molecule has 2 rings (SSSR count). The highest BCUT2D eigenvalue weighted by molar-refractivity contribution is 6.08. The number of carbonyl (C=O) groups is 3. The summed E-state index contributed by atoms with van der Waals surface area (Å²) in [5.41, 5.74) is 1.97. The van der Waals surface area contributed by atoms with E-state index in [2.05, 4.69) is 5.32 Å². The molecule has 0 saturated carbocycles. The molecule has 0 atom stereocenters. The van der Waals surface area contributed by atoms with E-state index in [0.29, 0.717) is 24.2 Å². The second kappa shape index (κ2) is 10.7. The molecule has 0 radical (unpaired) electrons. The van der Waals surface area contributed by atoms with Crippen LogP contribution in [0.1, 0.15) is 22.8 Å². The van der Waals surface area contributed by atoms with E-state index in [9.17, 15) is 14.4 Å². The minimum atomic E-state index is -0.587. The van der Waals surface area contributed by atoms with Gasteiger partial charge >= 0.3 is 5.97 Å². The van der Waals surface area contributed by atoms with Crippen molar-refractivity contribution >= 4 is 23.5 Å². The first-order valence-corrected chi connectivity index (χ1v) is 9.06. The molecule has 0 saturated heterocycles. The van der Waals surface area contributed by atoms with E-state index in [0.717, 1.165) is 17.7 Å². The zero-order chi connectivity index (χ0) is 20.4. The quantitative estimate of drug-likeness (QED) is 0.564. The molecule has 0 bridgehead atoms. The average Bonchev–Trinajstić information content (AvgIpc) is 2.72. The first-order valence-electron chi connectivity index (χ1n) is 9.06. The van der Waals surface area contributed by atoms with Gasteiger partial charge in [-0.15, -0.1) is 0 Å².